The molecule has 1 heterocycles. The van der Waals surface area contributed by atoms with Crippen molar-refractivity contribution >= 4 is 10.9 Å². The smallest absolute Gasteiger partial charge is 0.140 e. The average molecular weight is 280 g/mol. The summed E-state index contributed by atoms with van der Waals surface area (Å²) < 4.78 is 15.4. The summed E-state index contributed by atoms with van der Waals surface area (Å²) >= 11 is 0. The van der Waals surface area contributed by atoms with Gasteiger partial charge in [0.05, 0.1) is 12.2 Å². The van der Waals surface area contributed by atoms with Gasteiger partial charge in [0, 0.05) is 18.3 Å². The summed E-state index contributed by atoms with van der Waals surface area (Å²) in [5.74, 6) is -0.494. The minimum Gasteiger partial charge on any atom is -0.392 e. The number of nitriles is 1. The van der Waals surface area contributed by atoms with Gasteiger partial charge < -0.3 is 9.67 Å². The first kappa shape index (κ1) is 13.3. The molecular weight excluding hydrogens is 267 g/mol. The zero-order chi connectivity index (χ0) is 14.8. The number of fused-ring (bicyclic) bond motifs is 1. The van der Waals surface area contributed by atoms with Crippen LogP contribution in [0.2, 0.25) is 0 Å². The predicted molar refractivity (Wildman–Crippen MR) is 78.1 cm³/mol. The first-order valence-corrected chi connectivity index (χ1v) is 6.58. The van der Waals surface area contributed by atoms with Gasteiger partial charge in [0.1, 0.15) is 11.9 Å². The average Bonchev–Trinajstić information content (AvgIpc) is 2.91. The van der Waals surface area contributed by atoms with Crippen molar-refractivity contribution in [3.05, 3.63) is 71.2 Å². The lowest BCUT2D eigenvalue weighted by Gasteiger charge is -2.07. The van der Waals surface area contributed by atoms with Gasteiger partial charge in [-0.05, 0) is 46.8 Å². The van der Waals surface area contributed by atoms with Gasteiger partial charge in [0.15, 0.2) is 0 Å². The third-order valence-corrected chi connectivity index (χ3v) is 3.52. The summed E-state index contributed by atoms with van der Waals surface area (Å²) in [6.45, 7) is 0.585. The largest absolute Gasteiger partial charge is 0.392 e. The van der Waals surface area contributed by atoms with Crippen molar-refractivity contribution in [2.24, 2.45) is 0 Å². The third-order valence-electron chi connectivity index (χ3n) is 3.52. The Hall–Kier alpha value is -2.64. The summed E-state index contributed by atoms with van der Waals surface area (Å²) in [7, 11) is 0. The first-order valence-electron chi connectivity index (χ1n) is 6.58. The van der Waals surface area contributed by atoms with Crippen LogP contribution in [0.25, 0.3) is 10.9 Å². The van der Waals surface area contributed by atoms with Crippen LogP contribution in [0, 0.1) is 17.1 Å². The molecule has 0 atom stereocenters. The molecule has 1 N–H and O–H groups in total. The van der Waals surface area contributed by atoms with E-state index in [4.69, 9.17) is 10.4 Å². The van der Waals surface area contributed by atoms with E-state index < -0.39 is 5.82 Å². The van der Waals surface area contributed by atoms with Gasteiger partial charge in [-0.15, -0.1) is 0 Å². The molecule has 0 saturated heterocycles. The van der Waals surface area contributed by atoms with E-state index in [-0.39, 0.29) is 12.2 Å². The van der Waals surface area contributed by atoms with Gasteiger partial charge in [-0.25, -0.2) is 4.39 Å². The van der Waals surface area contributed by atoms with Crippen LogP contribution in [0.15, 0.2) is 48.7 Å². The van der Waals surface area contributed by atoms with Crippen LogP contribution >= 0.6 is 0 Å². The number of aliphatic hydroxyl groups is 1. The Bertz CT molecular complexity index is 846. The third kappa shape index (κ3) is 2.51. The number of hydrogen-bond donors (Lipinski definition) is 1. The molecule has 3 aromatic rings. The van der Waals surface area contributed by atoms with Crippen LogP contribution in [0.5, 0.6) is 0 Å². The van der Waals surface area contributed by atoms with Gasteiger partial charge in [0.25, 0.3) is 0 Å². The van der Waals surface area contributed by atoms with Crippen molar-refractivity contribution in [3.8, 4) is 6.07 Å². The van der Waals surface area contributed by atoms with E-state index >= 15 is 0 Å². The van der Waals surface area contributed by atoms with Gasteiger partial charge in [-0.2, -0.15) is 5.26 Å². The summed E-state index contributed by atoms with van der Waals surface area (Å²) in [5.41, 5.74) is 2.84. The van der Waals surface area contributed by atoms with Crippen molar-refractivity contribution in [2.45, 2.75) is 13.2 Å². The molecule has 0 amide bonds. The zero-order valence-electron chi connectivity index (χ0n) is 11.3. The molecule has 0 bridgehead atoms. The highest BCUT2D eigenvalue weighted by Crippen LogP contribution is 2.20. The molecule has 0 aliphatic heterocycles. The fourth-order valence-corrected chi connectivity index (χ4v) is 2.44. The van der Waals surface area contributed by atoms with Crippen LogP contribution in [0.4, 0.5) is 4.39 Å². The van der Waals surface area contributed by atoms with E-state index in [1.807, 2.05) is 41.1 Å². The number of halogens is 1. The van der Waals surface area contributed by atoms with Crippen LogP contribution in [-0.4, -0.2) is 9.67 Å². The topological polar surface area (TPSA) is 49.0 Å². The van der Waals surface area contributed by atoms with E-state index in [1.165, 1.54) is 6.07 Å². The summed E-state index contributed by atoms with van der Waals surface area (Å²) in [5, 5.41) is 19.1. The second-order valence-electron chi connectivity index (χ2n) is 4.92. The molecule has 21 heavy (non-hydrogen) atoms. The molecule has 0 radical (unpaired) electrons. The van der Waals surface area contributed by atoms with Crippen molar-refractivity contribution < 1.29 is 9.50 Å². The molecule has 0 aliphatic rings. The molecule has 4 heteroatoms. The van der Waals surface area contributed by atoms with E-state index in [2.05, 4.69) is 0 Å². The van der Waals surface area contributed by atoms with Crippen LogP contribution in [-0.2, 0) is 13.2 Å². The van der Waals surface area contributed by atoms with E-state index in [1.54, 1.807) is 12.1 Å². The Labute approximate surface area is 121 Å². The number of nitrogens with zero attached hydrogens (tertiary/aromatic N) is 2. The number of hydrogen-bond acceptors (Lipinski definition) is 2. The second kappa shape index (κ2) is 5.39. The number of benzene rings is 2. The Balaban J connectivity index is 1.97. The molecule has 0 unspecified atom stereocenters. The Morgan fingerprint density at radius 1 is 1.10 bits per heavy atom. The lowest BCUT2D eigenvalue weighted by atomic mass is 10.1. The lowest BCUT2D eigenvalue weighted by molar-refractivity contribution is 0.282. The fourth-order valence-electron chi connectivity index (χ4n) is 2.44. The molecule has 0 aliphatic carbocycles. The Morgan fingerprint density at radius 3 is 2.67 bits per heavy atom. The lowest BCUT2D eigenvalue weighted by Crippen LogP contribution is -1.99. The van der Waals surface area contributed by atoms with Crippen molar-refractivity contribution in [1.82, 2.24) is 4.57 Å². The Morgan fingerprint density at radius 2 is 1.90 bits per heavy atom. The number of rotatable bonds is 3. The Kier molecular flexibility index (Phi) is 3.43. The standard InChI is InChI=1S/C17H13FN2O/c18-16-3-1-12(7-15(16)9-19)10-20-6-5-14-8-13(11-21)2-4-17(14)20/h1-8,21H,10-11H2. The maximum atomic E-state index is 13.3. The molecule has 0 saturated carbocycles. The molecule has 2 aromatic carbocycles. The highest BCUT2D eigenvalue weighted by Gasteiger charge is 2.06. The van der Waals surface area contributed by atoms with Crippen LogP contribution in [0.3, 0.4) is 0 Å². The van der Waals surface area contributed by atoms with Gasteiger partial charge in [0.2, 0.25) is 0 Å². The van der Waals surface area contributed by atoms with Crippen LogP contribution < -0.4 is 0 Å². The SMILES string of the molecule is N#Cc1cc(Cn2ccc3cc(CO)ccc32)ccc1F. The van der Waals surface area contributed by atoms with Gasteiger partial charge in [-0.3, -0.25) is 0 Å². The van der Waals surface area contributed by atoms with Gasteiger partial charge in [-0.1, -0.05) is 12.1 Å². The van der Waals surface area contributed by atoms with E-state index in [0.29, 0.717) is 6.54 Å². The summed E-state index contributed by atoms with van der Waals surface area (Å²) in [4.78, 5) is 0. The fraction of sp³-hybridized carbons (Fsp3) is 0.118. The number of aromatic nitrogens is 1. The molecular formula is C17H13FN2O. The second-order valence-corrected chi connectivity index (χ2v) is 4.92. The first-order chi connectivity index (χ1) is 10.2. The van der Waals surface area contributed by atoms with Gasteiger partial charge >= 0.3 is 0 Å². The van der Waals surface area contributed by atoms with E-state index in [9.17, 15) is 4.39 Å². The van der Waals surface area contributed by atoms with Crippen molar-refractivity contribution in [1.29, 1.82) is 5.26 Å². The highest BCUT2D eigenvalue weighted by atomic mass is 19.1. The van der Waals surface area contributed by atoms with Crippen molar-refractivity contribution in [3.63, 3.8) is 0 Å². The monoisotopic (exact) mass is 280 g/mol. The normalized spacial score (nSPS) is 10.7. The van der Waals surface area contributed by atoms with E-state index in [0.717, 1.165) is 22.0 Å². The minimum absolute atomic E-state index is 0.0185. The summed E-state index contributed by atoms with van der Waals surface area (Å²) in [6.07, 6.45) is 1.95. The molecule has 0 spiro atoms. The minimum atomic E-state index is -0.494. The highest BCUT2D eigenvalue weighted by molar-refractivity contribution is 5.81. The summed E-state index contributed by atoms with van der Waals surface area (Å²) in [6, 6.07) is 14.2. The van der Waals surface area contributed by atoms with Crippen LogP contribution in [0.1, 0.15) is 16.7 Å². The number of aliphatic hydroxyl groups excluding tert-OH is 1. The molecule has 3 nitrogen and oxygen atoms in total. The molecule has 1 aromatic heterocycles. The quantitative estimate of drug-likeness (QED) is 0.801. The molecule has 104 valence electrons. The van der Waals surface area contributed by atoms with Crippen molar-refractivity contribution in [2.75, 3.05) is 0 Å². The maximum absolute atomic E-state index is 13.3. The molecule has 3 rings (SSSR count). The molecule has 0 fully saturated rings. The maximum Gasteiger partial charge on any atom is 0.140 e. The predicted octanol–water partition coefficient (Wildman–Crippen LogP) is 3.19. The zero-order valence-corrected chi connectivity index (χ0v) is 11.3.